The zero-order valence-electron chi connectivity index (χ0n) is 10.7. The lowest BCUT2D eigenvalue weighted by Gasteiger charge is -2.22. The molecule has 2 rings (SSSR count). The molecule has 0 aliphatic carbocycles. The average molecular weight is 262 g/mol. The largest absolute Gasteiger partial charge is 0.399 e. The number of hydrogen-bond donors (Lipinski definition) is 1. The van der Waals surface area contributed by atoms with Crippen molar-refractivity contribution in [1.29, 1.82) is 0 Å². The van der Waals surface area contributed by atoms with Crippen LogP contribution in [0.25, 0.3) is 11.1 Å². The number of nitrogen functional groups attached to an aromatic ring is 1. The minimum absolute atomic E-state index is 0.712. The summed E-state index contributed by atoms with van der Waals surface area (Å²) in [5, 5.41) is 4.22. The molecule has 0 amide bonds. The third-order valence-electron chi connectivity index (χ3n) is 2.89. The van der Waals surface area contributed by atoms with Gasteiger partial charge in [0.25, 0.3) is 0 Å². The lowest BCUT2D eigenvalue weighted by molar-refractivity contribution is 0.206. The van der Waals surface area contributed by atoms with Gasteiger partial charge in [-0.15, -0.1) is 0 Å². The van der Waals surface area contributed by atoms with E-state index in [1.54, 1.807) is 18.4 Å². The molecule has 0 saturated heterocycles. The summed E-state index contributed by atoms with van der Waals surface area (Å²) < 4.78 is 5.12. The van der Waals surface area contributed by atoms with Gasteiger partial charge in [0, 0.05) is 37.6 Å². The summed E-state index contributed by atoms with van der Waals surface area (Å²) in [5.41, 5.74) is 10.3. The molecule has 0 saturated carbocycles. The highest BCUT2D eigenvalue weighted by atomic mass is 32.1. The molecular formula is C14H18N2OS. The number of likely N-dealkylation sites (N-methyl/N-ethyl adjacent to an activating group) is 1. The Morgan fingerprint density at radius 1 is 1.33 bits per heavy atom. The number of nitrogens with two attached hydrogens (primary N) is 1. The Labute approximate surface area is 112 Å². The van der Waals surface area contributed by atoms with E-state index in [4.69, 9.17) is 10.5 Å². The number of hydrogen-bond acceptors (Lipinski definition) is 4. The molecule has 1 heterocycles. The highest BCUT2D eigenvalue weighted by Gasteiger charge is 2.10. The summed E-state index contributed by atoms with van der Waals surface area (Å²) in [6.45, 7) is 1.57. The van der Waals surface area contributed by atoms with Crippen LogP contribution in [0, 0.1) is 0 Å². The van der Waals surface area contributed by atoms with Gasteiger partial charge in [-0.25, -0.2) is 0 Å². The van der Waals surface area contributed by atoms with Crippen LogP contribution in [0.4, 0.5) is 11.4 Å². The van der Waals surface area contributed by atoms with E-state index in [2.05, 4.69) is 34.8 Å². The van der Waals surface area contributed by atoms with Gasteiger partial charge < -0.3 is 15.4 Å². The minimum atomic E-state index is 0.712. The fourth-order valence-corrected chi connectivity index (χ4v) is 2.54. The zero-order chi connectivity index (χ0) is 13.0. The number of benzene rings is 1. The zero-order valence-corrected chi connectivity index (χ0v) is 11.5. The first kappa shape index (κ1) is 12.9. The number of nitrogens with zero attached hydrogens (tertiary/aromatic N) is 1. The highest BCUT2D eigenvalue weighted by Crippen LogP contribution is 2.33. The van der Waals surface area contributed by atoms with Crippen LogP contribution in [-0.4, -0.2) is 27.3 Å². The van der Waals surface area contributed by atoms with Gasteiger partial charge in [0.2, 0.25) is 0 Å². The molecule has 0 spiro atoms. The number of thiophene rings is 1. The fraction of sp³-hybridized carbons (Fsp3) is 0.286. The molecule has 0 aliphatic heterocycles. The molecule has 0 atom stereocenters. The number of anilines is 2. The van der Waals surface area contributed by atoms with Crippen molar-refractivity contribution in [1.82, 2.24) is 0 Å². The van der Waals surface area contributed by atoms with Crippen LogP contribution in [0.5, 0.6) is 0 Å². The number of ether oxygens (including phenoxy) is 1. The van der Waals surface area contributed by atoms with Crippen molar-refractivity contribution >= 4 is 22.7 Å². The SMILES string of the molecule is COCCN(C)c1ccc(N)cc1-c1ccsc1. The first-order chi connectivity index (χ1) is 8.72. The second-order valence-electron chi connectivity index (χ2n) is 4.20. The lowest BCUT2D eigenvalue weighted by Crippen LogP contribution is -2.22. The van der Waals surface area contributed by atoms with Crippen molar-refractivity contribution in [3.05, 3.63) is 35.0 Å². The van der Waals surface area contributed by atoms with Crippen LogP contribution < -0.4 is 10.6 Å². The Bertz CT molecular complexity index is 497. The topological polar surface area (TPSA) is 38.5 Å². The van der Waals surface area contributed by atoms with Gasteiger partial charge >= 0.3 is 0 Å². The molecule has 1 aromatic carbocycles. The van der Waals surface area contributed by atoms with Gasteiger partial charge in [0.15, 0.2) is 0 Å². The van der Waals surface area contributed by atoms with Crippen molar-refractivity contribution in [3.63, 3.8) is 0 Å². The normalized spacial score (nSPS) is 10.6. The highest BCUT2D eigenvalue weighted by molar-refractivity contribution is 7.08. The second kappa shape index (κ2) is 5.89. The lowest BCUT2D eigenvalue weighted by atomic mass is 10.1. The van der Waals surface area contributed by atoms with Crippen molar-refractivity contribution in [2.75, 3.05) is 37.9 Å². The maximum absolute atomic E-state index is 5.89. The van der Waals surface area contributed by atoms with Gasteiger partial charge in [-0.2, -0.15) is 11.3 Å². The summed E-state index contributed by atoms with van der Waals surface area (Å²) in [6.07, 6.45) is 0. The van der Waals surface area contributed by atoms with Crippen LogP contribution in [0.2, 0.25) is 0 Å². The Hall–Kier alpha value is -1.52. The van der Waals surface area contributed by atoms with E-state index in [1.165, 1.54) is 16.8 Å². The first-order valence-electron chi connectivity index (χ1n) is 5.84. The second-order valence-corrected chi connectivity index (χ2v) is 4.98. The number of rotatable bonds is 5. The third kappa shape index (κ3) is 2.83. The van der Waals surface area contributed by atoms with E-state index >= 15 is 0 Å². The molecule has 3 nitrogen and oxygen atoms in total. The quantitative estimate of drug-likeness (QED) is 0.842. The molecular weight excluding hydrogens is 244 g/mol. The standard InChI is InChI=1S/C14H18N2OS/c1-16(6-7-17-2)14-4-3-12(15)9-13(14)11-5-8-18-10-11/h3-5,8-10H,6-7,15H2,1-2H3. The molecule has 1 aromatic heterocycles. The van der Waals surface area contributed by atoms with Crippen LogP contribution in [-0.2, 0) is 4.74 Å². The third-order valence-corrected chi connectivity index (χ3v) is 3.58. The van der Waals surface area contributed by atoms with Crippen LogP contribution in [0.15, 0.2) is 35.0 Å². The van der Waals surface area contributed by atoms with E-state index in [-0.39, 0.29) is 0 Å². The maximum atomic E-state index is 5.89. The summed E-state index contributed by atoms with van der Waals surface area (Å²) in [4.78, 5) is 2.19. The van der Waals surface area contributed by atoms with Gasteiger partial charge in [-0.1, -0.05) is 0 Å². The molecule has 96 valence electrons. The van der Waals surface area contributed by atoms with Crippen molar-refractivity contribution in [3.8, 4) is 11.1 Å². The molecule has 0 radical (unpaired) electrons. The molecule has 18 heavy (non-hydrogen) atoms. The van der Waals surface area contributed by atoms with Crippen molar-refractivity contribution in [2.24, 2.45) is 0 Å². The summed E-state index contributed by atoms with van der Waals surface area (Å²) in [7, 11) is 3.79. The molecule has 4 heteroatoms. The van der Waals surface area contributed by atoms with E-state index in [9.17, 15) is 0 Å². The maximum Gasteiger partial charge on any atom is 0.0637 e. The van der Waals surface area contributed by atoms with Crippen LogP contribution in [0.1, 0.15) is 0 Å². The van der Waals surface area contributed by atoms with Crippen molar-refractivity contribution < 1.29 is 4.74 Å². The minimum Gasteiger partial charge on any atom is -0.399 e. The van der Waals surface area contributed by atoms with E-state index in [1.807, 2.05) is 12.1 Å². The van der Waals surface area contributed by atoms with Crippen LogP contribution >= 0.6 is 11.3 Å². The van der Waals surface area contributed by atoms with Gasteiger partial charge in [0.05, 0.1) is 6.61 Å². The molecule has 0 bridgehead atoms. The Morgan fingerprint density at radius 3 is 2.83 bits per heavy atom. The van der Waals surface area contributed by atoms with E-state index in [0.29, 0.717) is 6.61 Å². The number of methoxy groups -OCH3 is 1. The molecule has 0 fully saturated rings. The Kier molecular flexibility index (Phi) is 4.23. The molecule has 2 aromatic rings. The predicted molar refractivity (Wildman–Crippen MR) is 79.3 cm³/mol. The summed E-state index contributed by atoms with van der Waals surface area (Å²) >= 11 is 1.69. The predicted octanol–water partition coefficient (Wildman–Crippen LogP) is 3.08. The average Bonchev–Trinajstić information content (AvgIpc) is 2.89. The smallest absolute Gasteiger partial charge is 0.0637 e. The molecule has 0 unspecified atom stereocenters. The van der Waals surface area contributed by atoms with Gasteiger partial charge in [-0.05, 0) is 40.6 Å². The molecule has 0 aliphatic rings. The Balaban J connectivity index is 2.35. The fourth-order valence-electron chi connectivity index (χ4n) is 1.88. The van der Waals surface area contributed by atoms with Gasteiger partial charge in [-0.3, -0.25) is 0 Å². The van der Waals surface area contributed by atoms with E-state index in [0.717, 1.165) is 12.2 Å². The summed E-state index contributed by atoms with van der Waals surface area (Å²) in [6, 6.07) is 8.15. The Morgan fingerprint density at radius 2 is 2.17 bits per heavy atom. The summed E-state index contributed by atoms with van der Waals surface area (Å²) in [5.74, 6) is 0. The van der Waals surface area contributed by atoms with Crippen molar-refractivity contribution in [2.45, 2.75) is 0 Å². The van der Waals surface area contributed by atoms with E-state index < -0.39 is 0 Å². The molecule has 2 N–H and O–H groups in total. The van der Waals surface area contributed by atoms with Gasteiger partial charge in [0.1, 0.15) is 0 Å². The first-order valence-corrected chi connectivity index (χ1v) is 6.79. The monoisotopic (exact) mass is 262 g/mol. The van der Waals surface area contributed by atoms with Crippen LogP contribution in [0.3, 0.4) is 0 Å².